The number of hydrogen-bond acceptors (Lipinski definition) is 5. The number of carbonyl (C=O) groups is 1. The van der Waals surface area contributed by atoms with Gasteiger partial charge in [0.05, 0.1) is 6.54 Å². The van der Waals surface area contributed by atoms with E-state index in [0.717, 1.165) is 29.5 Å². The van der Waals surface area contributed by atoms with Gasteiger partial charge < -0.3 is 10.6 Å². The van der Waals surface area contributed by atoms with E-state index in [-0.39, 0.29) is 0 Å². The summed E-state index contributed by atoms with van der Waals surface area (Å²) in [5, 5.41) is 13.5. The summed E-state index contributed by atoms with van der Waals surface area (Å²) in [6.07, 6.45) is 3.22. The zero-order valence-electron chi connectivity index (χ0n) is 15.5. The van der Waals surface area contributed by atoms with E-state index in [1.807, 2.05) is 43.3 Å². The van der Waals surface area contributed by atoms with E-state index in [9.17, 15) is 4.79 Å². The fraction of sp³-hybridized carbons (Fsp3) is 0.190. The maximum atomic E-state index is 11.0. The Morgan fingerprint density at radius 2 is 2.00 bits per heavy atom. The fourth-order valence-corrected chi connectivity index (χ4v) is 2.67. The van der Waals surface area contributed by atoms with E-state index >= 15 is 0 Å². The number of aromatic amines is 1. The van der Waals surface area contributed by atoms with Crippen LogP contribution in [0.1, 0.15) is 18.1 Å². The van der Waals surface area contributed by atoms with E-state index < -0.39 is 0 Å². The average Bonchev–Trinajstić information content (AvgIpc) is 3.15. The molecule has 0 unspecified atom stereocenters. The van der Waals surface area contributed by atoms with Gasteiger partial charge in [-0.1, -0.05) is 42.8 Å². The van der Waals surface area contributed by atoms with Crippen molar-refractivity contribution in [2.45, 2.75) is 20.3 Å². The molecule has 0 aliphatic heterocycles. The highest BCUT2D eigenvalue weighted by atomic mass is 16.1. The van der Waals surface area contributed by atoms with E-state index in [2.05, 4.69) is 44.9 Å². The first kappa shape index (κ1) is 18.4. The minimum absolute atomic E-state index is 0.419. The number of aldehydes is 1. The Balaban J connectivity index is 1.66. The Kier molecular flexibility index (Phi) is 5.99. The van der Waals surface area contributed by atoms with Gasteiger partial charge in [-0.3, -0.25) is 9.89 Å². The monoisotopic (exact) mass is 361 g/mol. The molecule has 0 radical (unpaired) electrons. The van der Waals surface area contributed by atoms with Gasteiger partial charge in [-0.15, -0.1) is 5.10 Å². The number of anilines is 2. The Bertz CT molecular complexity index is 928. The predicted molar refractivity (Wildman–Crippen MR) is 109 cm³/mol. The van der Waals surface area contributed by atoms with Gasteiger partial charge in [-0.05, 0) is 43.2 Å². The number of aromatic nitrogens is 3. The molecule has 0 atom stereocenters. The summed E-state index contributed by atoms with van der Waals surface area (Å²) in [6, 6.07) is 16.2. The molecule has 6 heteroatoms. The number of carbonyl (C=O) groups excluding carboxylic acids is 1. The molecule has 0 bridgehead atoms. The number of allylic oxidation sites excluding steroid dienone is 1. The Morgan fingerprint density at radius 3 is 2.70 bits per heavy atom. The van der Waals surface area contributed by atoms with Crippen molar-refractivity contribution in [2.24, 2.45) is 0 Å². The summed E-state index contributed by atoms with van der Waals surface area (Å²) >= 11 is 0. The number of H-pyrrole nitrogens is 1. The van der Waals surface area contributed by atoms with E-state index in [1.54, 1.807) is 0 Å². The van der Waals surface area contributed by atoms with Crippen LogP contribution in [0.3, 0.4) is 0 Å². The number of benzene rings is 2. The average molecular weight is 361 g/mol. The van der Waals surface area contributed by atoms with Gasteiger partial charge >= 0.3 is 0 Å². The third kappa shape index (κ3) is 5.04. The molecule has 27 heavy (non-hydrogen) atoms. The molecule has 2 aromatic carbocycles. The lowest BCUT2D eigenvalue weighted by molar-refractivity contribution is -0.104. The van der Waals surface area contributed by atoms with Crippen LogP contribution in [0.4, 0.5) is 11.6 Å². The maximum Gasteiger partial charge on any atom is 0.246 e. The highest BCUT2D eigenvalue weighted by molar-refractivity contribution is 5.68. The third-order valence-corrected chi connectivity index (χ3v) is 4.16. The molecule has 6 nitrogen and oxygen atoms in total. The molecular weight excluding hydrogens is 338 g/mol. The smallest absolute Gasteiger partial charge is 0.246 e. The lowest BCUT2D eigenvalue weighted by Crippen LogP contribution is -2.13. The largest absolute Gasteiger partial charge is 0.379 e. The van der Waals surface area contributed by atoms with Crippen molar-refractivity contribution < 1.29 is 4.79 Å². The Morgan fingerprint density at radius 1 is 1.19 bits per heavy atom. The molecule has 0 aliphatic carbocycles. The standard InChI is InChI=1S/C21H23N5O/c1-3-16-7-9-18(10-8-16)22-14-19(11-12-27)23-21-24-20(25-26-21)17-6-4-5-15(2)13-17/h4-13,22H,3,14H2,1-2H3,(H2,23,24,25,26)/b19-11-. The maximum absolute atomic E-state index is 11.0. The van der Waals surface area contributed by atoms with Crippen LogP contribution < -0.4 is 10.6 Å². The third-order valence-electron chi connectivity index (χ3n) is 4.16. The predicted octanol–water partition coefficient (Wildman–Crippen LogP) is 3.95. The minimum Gasteiger partial charge on any atom is -0.379 e. The molecule has 0 spiro atoms. The van der Waals surface area contributed by atoms with Crippen LogP contribution in [0.25, 0.3) is 11.4 Å². The van der Waals surface area contributed by atoms with Crippen molar-refractivity contribution in [3.63, 3.8) is 0 Å². The van der Waals surface area contributed by atoms with E-state index in [4.69, 9.17) is 0 Å². The summed E-state index contributed by atoms with van der Waals surface area (Å²) in [4.78, 5) is 15.4. The quantitative estimate of drug-likeness (QED) is 0.418. The first-order chi connectivity index (χ1) is 13.2. The second kappa shape index (κ2) is 8.80. The van der Waals surface area contributed by atoms with Crippen molar-refractivity contribution in [1.29, 1.82) is 0 Å². The van der Waals surface area contributed by atoms with E-state index in [1.165, 1.54) is 11.6 Å². The number of hydrogen-bond donors (Lipinski definition) is 3. The lowest BCUT2D eigenvalue weighted by atomic mass is 10.1. The highest BCUT2D eigenvalue weighted by Crippen LogP contribution is 2.18. The molecule has 0 saturated heterocycles. The second-order valence-electron chi connectivity index (χ2n) is 6.23. The number of nitrogens with one attached hydrogen (secondary N) is 3. The minimum atomic E-state index is 0.419. The molecule has 1 heterocycles. The molecule has 3 N–H and O–H groups in total. The summed E-state index contributed by atoms with van der Waals surface area (Å²) in [5.41, 5.74) is 5.07. The molecule has 138 valence electrons. The second-order valence-corrected chi connectivity index (χ2v) is 6.23. The van der Waals surface area contributed by atoms with Gasteiger partial charge in [-0.25, -0.2) is 0 Å². The summed E-state index contributed by atoms with van der Waals surface area (Å²) in [7, 11) is 0. The molecule has 3 rings (SSSR count). The zero-order valence-corrected chi connectivity index (χ0v) is 15.5. The molecule has 3 aromatic rings. The molecular formula is C21H23N5O. The fourth-order valence-electron chi connectivity index (χ4n) is 2.67. The molecule has 0 amide bonds. The zero-order chi connectivity index (χ0) is 19.1. The summed E-state index contributed by atoms with van der Waals surface area (Å²) < 4.78 is 0. The normalized spacial score (nSPS) is 11.3. The van der Waals surface area contributed by atoms with Crippen molar-refractivity contribution in [1.82, 2.24) is 15.2 Å². The van der Waals surface area contributed by atoms with Gasteiger partial charge in [0.2, 0.25) is 5.95 Å². The van der Waals surface area contributed by atoms with Crippen molar-refractivity contribution in [2.75, 3.05) is 17.2 Å². The topological polar surface area (TPSA) is 82.7 Å². The molecule has 1 aromatic heterocycles. The van der Waals surface area contributed by atoms with Crippen molar-refractivity contribution >= 4 is 17.9 Å². The summed E-state index contributed by atoms with van der Waals surface area (Å²) in [5.74, 6) is 1.09. The van der Waals surface area contributed by atoms with Gasteiger partial charge in [0.15, 0.2) is 5.82 Å². The van der Waals surface area contributed by atoms with Crippen LogP contribution in [0.2, 0.25) is 0 Å². The van der Waals surface area contributed by atoms with Gasteiger partial charge in [0.25, 0.3) is 0 Å². The van der Waals surface area contributed by atoms with Crippen LogP contribution in [-0.4, -0.2) is 28.0 Å². The first-order valence-electron chi connectivity index (χ1n) is 8.91. The Labute approximate surface area is 158 Å². The molecule has 0 saturated carbocycles. The number of aryl methyl sites for hydroxylation is 2. The first-order valence-corrected chi connectivity index (χ1v) is 8.91. The van der Waals surface area contributed by atoms with E-state index in [0.29, 0.717) is 24.0 Å². The molecule has 0 aliphatic rings. The number of nitrogens with zero attached hydrogens (tertiary/aromatic N) is 2. The Hall–Kier alpha value is -3.41. The van der Waals surface area contributed by atoms with Gasteiger partial charge in [0.1, 0.15) is 6.29 Å². The highest BCUT2D eigenvalue weighted by Gasteiger charge is 2.07. The molecule has 0 fully saturated rings. The van der Waals surface area contributed by atoms with Crippen LogP contribution in [0.5, 0.6) is 0 Å². The van der Waals surface area contributed by atoms with Crippen LogP contribution >= 0.6 is 0 Å². The van der Waals surface area contributed by atoms with Crippen molar-refractivity contribution in [3.8, 4) is 11.4 Å². The van der Waals surface area contributed by atoms with Crippen LogP contribution in [0, 0.1) is 6.92 Å². The van der Waals surface area contributed by atoms with Crippen LogP contribution in [-0.2, 0) is 11.2 Å². The summed E-state index contributed by atoms with van der Waals surface area (Å²) in [6.45, 7) is 4.61. The van der Waals surface area contributed by atoms with Gasteiger partial charge in [-0.2, -0.15) is 4.98 Å². The SMILES string of the molecule is CCc1ccc(NC/C(=C/C=O)Nc2n[nH]c(-c3cccc(C)c3)n2)cc1. The number of rotatable bonds is 8. The van der Waals surface area contributed by atoms with Crippen LogP contribution in [0.15, 0.2) is 60.3 Å². The lowest BCUT2D eigenvalue weighted by Gasteiger charge is -2.10. The van der Waals surface area contributed by atoms with Crippen molar-refractivity contribution in [3.05, 3.63) is 71.4 Å². The van der Waals surface area contributed by atoms with Gasteiger partial charge in [0, 0.05) is 16.9 Å².